The lowest BCUT2D eigenvalue weighted by Gasteiger charge is -2.18. The molecule has 26 heavy (non-hydrogen) atoms. The predicted molar refractivity (Wildman–Crippen MR) is 101 cm³/mol. The lowest BCUT2D eigenvalue weighted by Crippen LogP contribution is -2.37. The Morgan fingerprint density at radius 2 is 1.77 bits per heavy atom. The van der Waals surface area contributed by atoms with Crippen molar-refractivity contribution < 1.29 is 8.42 Å². The molecule has 1 fully saturated rings. The summed E-state index contributed by atoms with van der Waals surface area (Å²) in [5, 5.41) is 0. The Kier molecular flexibility index (Phi) is 4.48. The largest absolute Gasteiger partial charge is 0.355 e. The van der Waals surface area contributed by atoms with Crippen LogP contribution in [-0.2, 0) is 10.0 Å². The third-order valence-electron chi connectivity index (χ3n) is 4.53. The van der Waals surface area contributed by atoms with Gasteiger partial charge in [0.2, 0.25) is 10.0 Å². The average Bonchev–Trinajstić information content (AvgIpc) is 3.34. The topological polar surface area (TPSA) is 67.2 Å². The van der Waals surface area contributed by atoms with Crippen LogP contribution in [0.1, 0.15) is 6.42 Å². The van der Waals surface area contributed by atoms with Gasteiger partial charge in [-0.1, -0.05) is 6.07 Å². The average molecular weight is 368 g/mol. The number of rotatable bonds is 5. The second kappa shape index (κ2) is 6.93. The van der Waals surface area contributed by atoms with Crippen LogP contribution in [0.2, 0.25) is 0 Å². The molecule has 2 aromatic heterocycles. The number of nitrogens with zero attached hydrogens (tertiary/aromatic N) is 3. The fourth-order valence-corrected chi connectivity index (χ4v) is 4.46. The van der Waals surface area contributed by atoms with Crippen molar-refractivity contribution in [2.24, 2.45) is 0 Å². The Morgan fingerprint density at radius 3 is 2.46 bits per heavy atom. The van der Waals surface area contributed by atoms with E-state index in [-0.39, 0.29) is 10.9 Å². The third-order valence-corrected chi connectivity index (χ3v) is 6.07. The van der Waals surface area contributed by atoms with Crippen LogP contribution in [0, 0.1) is 0 Å². The van der Waals surface area contributed by atoms with E-state index in [2.05, 4.69) is 14.6 Å². The zero-order valence-corrected chi connectivity index (χ0v) is 15.0. The van der Waals surface area contributed by atoms with Gasteiger partial charge in [-0.25, -0.2) is 18.1 Å². The second-order valence-electron chi connectivity index (χ2n) is 6.33. The summed E-state index contributed by atoms with van der Waals surface area (Å²) >= 11 is 0. The molecule has 1 aliphatic rings. The van der Waals surface area contributed by atoms with E-state index in [1.165, 1.54) is 0 Å². The Morgan fingerprint density at radius 1 is 1.00 bits per heavy atom. The molecule has 1 saturated heterocycles. The van der Waals surface area contributed by atoms with Gasteiger partial charge in [0.05, 0.1) is 4.90 Å². The minimum Gasteiger partial charge on any atom is -0.355 e. The molecule has 3 heterocycles. The van der Waals surface area contributed by atoms with Crippen molar-refractivity contribution in [1.29, 1.82) is 0 Å². The van der Waals surface area contributed by atoms with Crippen molar-refractivity contribution in [3.05, 3.63) is 73.2 Å². The van der Waals surface area contributed by atoms with E-state index in [4.69, 9.17) is 0 Å². The number of aromatic nitrogens is 2. The Balaban J connectivity index is 1.44. The molecule has 1 aliphatic heterocycles. The molecule has 6 nitrogen and oxygen atoms in total. The normalized spacial score (nSPS) is 17.5. The summed E-state index contributed by atoms with van der Waals surface area (Å²) in [6, 6.07) is 16.4. The molecule has 0 radical (unpaired) electrons. The molecule has 0 spiro atoms. The first kappa shape index (κ1) is 16.8. The van der Waals surface area contributed by atoms with Crippen LogP contribution in [0.5, 0.6) is 0 Å². The van der Waals surface area contributed by atoms with E-state index < -0.39 is 10.0 Å². The first-order valence-corrected chi connectivity index (χ1v) is 10.0. The fourth-order valence-electron chi connectivity index (χ4n) is 3.20. The Bertz CT molecular complexity index is 955. The van der Waals surface area contributed by atoms with Crippen LogP contribution in [0.15, 0.2) is 78.1 Å². The summed E-state index contributed by atoms with van der Waals surface area (Å²) in [6.07, 6.45) is 6.36. The number of anilines is 1. The molecule has 1 aromatic carbocycles. The van der Waals surface area contributed by atoms with Crippen LogP contribution in [0.4, 0.5) is 5.82 Å². The van der Waals surface area contributed by atoms with E-state index in [1.807, 2.05) is 59.4 Å². The monoisotopic (exact) mass is 368 g/mol. The first-order chi connectivity index (χ1) is 12.6. The summed E-state index contributed by atoms with van der Waals surface area (Å²) in [4.78, 5) is 6.71. The van der Waals surface area contributed by atoms with Crippen LogP contribution < -0.4 is 9.62 Å². The van der Waals surface area contributed by atoms with Gasteiger partial charge < -0.3 is 9.47 Å². The molecule has 1 atom stereocenters. The standard InChI is InChI=1S/C19H20N4O2S/c24-26(25,18-8-6-17(7-9-18)22-12-3-4-13-22)21-16-10-14-23(15-16)19-5-1-2-11-20-19/h1-9,11-13,16,21H,10,14-15H2. The highest BCUT2D eigenvalue weighted by atomic mass is 32.2. The number of hydrogen-bond donors (Lipinski definition) is 1. The summed E-state index contributed by atoms with van der Waals surface area (Å²) in [5.41, 5.74) is 0.927. The number of sulfonamides is 1. The van der Waals surface area contributed by atoms with Crippen molar-refractivity contribution in [1.82, 2.24) is 14.3 Å². The van der Waals surface area contributed by atoms with Crippen LogP contribution in [0.3, 0.4) is 0 Å². The Labute approximate surface area is 153 Å². The highest BCUT2D eigenvalue weighted by molar-refractivity contribution is 7.89. The highest BCUT2D eigenvalue weighted by Gasteiger charge is 2.27. The third kappa shape index (κ3) is 3.49. The van der Waals surface area contributed by atoms with E-state index in [1.54, 1.807) is 18.3 Å². The maximum atomic E-state index is 12.7. The molecule has 7 heteroatoms. The Hall–Kier alpha value is -2.64. The van der Waals surface area contributed by atoms with Gasteiger partial charge in [0.25, 0.3) is 0 Å². The van der Waals surface area contributed by atoms with E-state index in [9.17, 15) is 8.42 Å². The van der Waals surface area contributed by atoms with Crippen LogP contribution >= 0.6 is 0 Å². The molecule has 0 bridgehead atoms. The summed E-state index contributed by atoms with van der Waals surface area (Å²) in [7, 11) is -3.54. The zero-order valence-electron chi connectivity index (χ0n) is 14.2. The van der Waals surface area contributed by atoms with Gasteiger partial charge >= 0.3 is 0 Å². The van der Waals surface area contributed by atoms with Crippen molar-refractivity contribution in [2.45, 2.75) is 17.4 Å². The lowest BCUT2D eigenvalue weighted by atomic mass is 10.3. The zero-order chi connectivity index (χ0) is 18.0. The molecular formula is C19H20N4O2S. The predicted octanol–water partition coefficient (Wildman–Crippen LogP) is 2.43. The summed E-state index contributed by atoms with van der Waals surface area (Å²) in [6.45, 7) is 1.41. The SMILES string of the molecule is O=S(=O)(NC1CCN(c2ccccn2)C1)c1ccc(-n2cccc2)cc1. The summed E-state index contributed by atoms with van der Waals surface area (Å²) < 4.78 is 30.1. The molecule has 1 N–H and O–H groups in total. The second-order valence-corrected chi connectivity index (χ2v) is 8.04. The first-order valence-electron chi connectivity index (χ1n) is 8.53. The van der Waals surface area contributed by atoms with E-state index in [0.717, 1.165) is 24.5 Å². The van der Waals surface area contributed by atoms with Crippen molar-refractivity contribution in [2.75, 3.05) is 18.0 Å². The quantitative estimate of drug-likeness (QED) is 0.751. The maximum absolute atomic E-state index is 12.7. The van der Waals surface area contributed by atoms with Crippen molar-refractivity contribution in [3.63, 3.8) is 0 Å². The van der Waals surface area contributed by atoms with Gasteiger partial charge in [0.15, 0.2) is 0 Å². The molecular weight excluding hydrogens is 348 g/mol. The van der Waals surface area contributed by atoms with Gasteiger partial charge in [-0.05, 0) is 55.0 Å². The molecule has 3 aromatic rings. The minimum absolute atomic E-state index is 0.119. The van der Waals surface area contributed by atoms with Gasteiger partial charge in [-0.15, -0.1) is 0 Å². The maximum Gasteiger partial charge on any atom is 0.240 e. The molecule has 0 amide bonds. The number of benzene rings is 1. The number of hydrogen-bond acceptors (Lipinski definition) is 4. The van der Waals surface area contributed by atoms with Gasteiger partial charge in [-0.2, -0.15) is 0 Å². The van der Waals surface area contributed by atoms with Crippen LogP contribution in [-0.4, -0.2) is 37.1 Å². The molecule has 1 unspecified atom stereocenters. The van der Waals surface area contributed by atoms with Gasteiger partial charge in [0, 0.05) is 43.4 Å². The smallest absolute Gasteiger partial charge is 0.240 e. The van der Waals surface area contributed by atoms with Crippen molar-refractivity contribution >= 4 is 15.8 Å². The molecule has 134 valence electrons. The number of pyridine rings is 1. The summed E-state index contributed by atoms with van der Waals surface area (Å²) in [5.74, 6) is 0.880. The van der Waals surface area contributed by atoms with Crippen molar-refractivity contribution in [3.8, 4) is 5.69 Å². The van der Waals surface area contributed by atoms with Gasteiger partial charge in [-0.3, -0.25) is 0 Å². The van der Waals surface area contributed by atoms with E-state index >= 15 is 0 Å². The van der Waals surface area contributed by atoms with Crippen LogP contribution in [0.25, 0.3) is 5.69 Å². The molecule has 4 rings (SSSR count). The van der Waals surface area contributed by atoms with Gasteiger partial charge in [0.1, 0.15) is 5.82 Å². The number of nitrogens with one attached hydrogen (secondary N) is 1. The molecule has 0 aliphatic carbocycles. The molecule has 0 saturated carbocycles. The minimum atomic E-state index is -3.54. The highest BCUT2D eigenvalue weighted by Crippen LogP contribution is 2.20. The fraction of sp³-hybridized carbons (Fsp3) is 0.211. The lowest BCUT2D eigenvalue weighted by molar-refractivity contribution is 0.561. The van der Waals surface area contributed by atoms with E-state index in [0.29, 0.717) is 6.54 Å².